The number of methoxy groups -OCH3 is 1. The van der Waals surface area contributed by atoms with E-state index in [4.69, 9.17) is 9.47 Å². The second-order valence-corrected chi connectivity index (χ2v) is 5.49. The molecular formula is C14H20BrNO2. The van der Waals surface area contributed by atoms with Gasteiger partial charge in [-0.15, -0.1) is 0 Å². The maximum atomic E-state index is 5.76. The molecule has 0 radical (unpaired) electrons. The van der Waals surface area contributed by atoms with Crippen molar-refractivity contribution in [2.75, 3.05) is 20.3 Å². The Kier molecular flexibility index (Phi) is 5.47. The van der Waals surface area contributed by atoms with Gasteiger partial charge in [0.25, 0.3) is 0 Å². The van der Waals surface area contributed by atoms with Crippen molar-refractivity contribution >= 4 is 15.9 Å². The van der Waals surface area contributed by atoms with Crippen LogP contribution in [0.5, 0.6) is 5.75 Å². The molecule has 0 saturated carbocycles. The zero-order chi connectivity index (χ0) is 12.8. The molecule has 100 valence electrons. The van der Waals surface area contributed by atoms with Crippen molar-refractivity contribution in [3.05, 3.63) is 28.2 Å². The lowest BCUT2D eigenvalue weighted by Gasteiger charge is -2.23. The summed E-state index contributed by atoms with van der Waals surface area (Å²) in [6, 6.07) is 6.58. The first-order valence-electron chi connectivity index (χ1n) is 6.43. The Balaban J connectivity index is 1.77. The van der Waals surface area contributed by atoms with Crippen molar-refractivity contribution < 1.29 is 9.47 Å². The van der Waals surface area contributed by atoms with Gasteiger partial charge in [0, 0.05) is 6.04 Å². The van der Waals surface area contributed by atoms with E-state index in [1.165, 1.54) is 24.8 Å². The number of benzene rings is 1. The van der Waals surface area contributed by atoms with Crippen molar-refractivity contribution in [1.29, 1.82) is 0 Å². The van der Waals surface area contributed by atoms with Gasteiger partial charge in [0.1, 0.15) is 5.75 Å². The lowest BCUT2D eigenvalue weighted by atomic mass is 10.1. The largest absolute Gasteiger partial charge is 0.496 e. The van der Waals surface area contributed by atoms with Gasteiger partial charge in [0.15, 0.2) is 0 Å². The van der Waals surface area contributed by atoms with Crippen LogP contribution in [-0.4, -0.2) is 26.3 Å². The predicted octanol–water partition coefficient (Wildman–Crippen LogP) is 3.12. The Hall–Kier alpha value is -0.580. The average Bonchev–Trinajstić information content (AvgIpc) is 2.40. The zero-order valence-corrected chi connectivity index (χ0v) is 12.3. The smallest absolute Gasteiger partial charge is 0.133 e. The first kappa shape index (κ1) is 13.8. The summed E-state index contributed by atoms with van der Waals surface area (Å²) in [6.45, 7) is 2.58. The van der Waals surface area contributed by atoms with E-state index in [1.54, 1.807) is 7.11 Å². The first-order valence-corrected chi connectivity index (χ1v) is 7.22. The fourth-order valence-electron chi connectivity index (χ4n) is 2.18. The molecule has 1 aromatic rings. The Morgan fingerprint density at radius 3 is 2.94 bits per heavy atom. The molecule has 1 heterocycles. The van der Waals surface area contributed by atoms with Crippen molar-refractivity contribution in [2.24, 2.45) is 0 Å². The summed E-state index contributed by atoms with van der Waals surface area (Å²) >= 11 is 3.48. The van der Waals surface area contributed by atoms with Gasteiger partial charge in [-0.2, -0.15) is 0 Å². The minimum Gasteiger partial charge on any atom is -0.496 e. The standard InChI is InChI=1S/C14H20BrNO2/c1-17-14-6-5-11(8-13(14)15)9-18-10-12-4-2-3-7-16-12/h5-6,8,12,16H,2-4,7,9-10H2,1H3. The normalized spacial score (nSPS) is 19.8. The molecule has 0 amide bonds. The molecule has 0 spiro atoms. The molecule has 1 aromatic carbocycles. The molecule has 1 aliphatic rings. The highest BCUT2D eigenvalue weighted by Crippen LogP contribution is 2.25. The number of ether oxygens (including phenoxy) is 2. The second-order valence-electron chi connectivity index (χ2n) is 4.63. The molecule has 18 heavy (non-hydrogen) atoms. The van der Waals surface area contributed by atoms with Crippen LogP contribution in [0.1, 0.15) is 24.8 Å². The number of rotatable bonds is 5. The van der Waals surface area contributed by atoms with Gasteiger partial charge in [0.2, 0.25) is 0 Å². The quantitative estimate of drug-likeness (QED) is 0.906. The monoisotopic (exact) mass is 313 g/mol. The SMILES string of the molecule is COc1ccc(COCC2CCCCN2)cc1Br. The van der Waals surface area contributed by atoms with Crippen LogP contribution in [0.15, 0.2) is 22.7 Å². The van der Waals surface area contributed by atoms with Crippen LogP contribution in [0.2, 0.25) is 0 Å². The molecule has 0 aliphatic carbocycles. The van der Waals surface area contributed by atoms with E-state index < -0.39 is 0 Å². The molecule has 1 saturated heterocycles. The summed E-state index contributed by atoms with van der Waals surface area (Å²) in [4.78, 5) is 0. The fraction of sp³-hybridized carbons (Fsp3) is 0.571. The molecule has 1 N–H and O–H groups in total. The van der Waals surface area contributed by atoms with E-state index >= 15 is 0 Å². The van der Waals surface area contributed by atoms with E-state index in [-0.39, 0.29) is 0 Å². The van der Waals surface area contributed by atoms with Crippen molar-refractivity contribution in [1.82, 2.24) is 5.32 Å². The third-order valence-corrected chi connectivity index (χ3v) is 3.84. The Labute approximate surface area is 117 Å². The van der Waals surface area contributed by atoms with E-state index in [0.29, 0.717) is 12.6 Å². The summed E-state index contributed by atoms with van der Waals surface area (Å²) in [6.07, 6.45) is 3.84. The van der Waals surface area contributed by atoms with Crippen LogP contribution in [-0.2, 0) is 11.3 Å². The molecule has 0 aromatic heterocycles. The molecule has 2 rings (SSSR count). The second kappa shape index (κ2) is 7.12. The van der Waals surface area contributed by atoms with Crippen LogP contribution >= 0.6 is 15.9 Å². The van der Waals surface area contributed by atoms with Gasteiger partial charge in [-0.3, -0.25) is 0 Å². The number of hydrogen-bond donors (Lipinski definition) is 1. The molecule has 1 atom stereocenters. The van der Waals surface area contributed by atoms with Crippen LogP contribution in [0.3, 0.4) is 0 Å². The van der Waals surface area contributed by atoms with E-state index in [1.807, 2.05) is 18.2 Å². The van der Waals surface area contributed by atoms with E-state index in [0.717, 1.165) is 23.4 Å². The highest BCUT2D eigenvalue weighted by Gasteiger charge is 2.12. The Morgan fingerprint density at radius 1 is 1.39 bits per heavy atom. The summed E-state index contributed by atoms with van der Waals surface area (Å²) < 4.78 is 11.9. The zero-order valence-electron chi connectivity index (χ0n) is 10.7. The van der Waals surface area contributed by atoms with Gasteiger partial charge < -0.3 is 14.8 Å². The van der Waals surface area contributed by atoms with Gasteiger partial charge in [-0.05, 0) is 53.0 Å². The Bertz CT molecular complexity index is 378. The first-order chi connectivity index (χ1) is 8.79. The number of nitrogens with one attached hydrogen (secondary N) is 1. The van der Waals surface area contributed by atoms with Gasteiger partial charge in [-0.1, -0.05) is 12.5 Å². The summed E-state index contributed by atoms with van der Waals surface area (Å²) in [7, 11) is 1.67. The lowest BCUT2D eigenvalue weighted by Crippen LogP contribution is -2.37. The molecule has 1 aliphatic heterocycles. The lowest BCUT2D eigenvalue weighted by molar-refractivity contribution is 0.0911. The maximum absolute atomic E-state index is 5.76. The van der Waals surface area contributed by atoms with Gasteiger partial charge in [0.05, 0.1) is 24.8 Å². The average molecular weight is 314 g/mol. The number of hydrogen-bond acceptors (Lipinski definition) is 3. The molecule has 1 fully saturated rings. The van der Waals surface area contributed by atoms with E-state index in [9.17, 15) is 0 Å². The number of piperidine rings is 1. The summed E-state index contributed by atoms with van der Waals surface area (Å²) in [5.74, 6) is 0.854. The third kappa shape index (κ3) is 3.97. The Morgan fingerprint density at radius 2 is 2.28 bits per heavy atom. The minimum atomic E-state index is 0.528. The van der Waals surface area contributed by atoms with E-state index in [2.05, 4.69) is 21.2 Å². The molecule has 4 heteroatoms. The summed E-state index contributed by atoms with van der Waals surface area (Å²) in [5, 5.41) is 3.48. The maximum Gasteiger partial charge on any atom is 0.133 e. The highest BCUT2D eigenvalue weighted by molar-refractivity contribution is 9.10. The predicted molar refractivity (Wildman–Crippen MR) is 76.0 cm³/mol. The van der Waals surface area contributed by atoms with Crippen LogP contribution in [0.25, 0.3) is 0 Å². The van der Waals surface area contributed by atoms with Gasteiger partial charge >= 0.3 is 0 Å². The molecule has 3 nitrogen and oxygen atoms in total. The minimum absolute atomic E-state index is 0.528. The van der Waals surface area contributed by atoms with Crippen LogP contribution < -0.4 is 10.1 Å². The fourth-order valence-corrected chi connectivity index (χ4v) is 2.77. The molecular weight excluding hydrogens is 294 g/mol. The number of halogens is 1. The highest BCUT2D eigenvalue weighted by atomic mass is 79.9. The van der Waals surface area contributed by atoms with Crippen molar-refractivity contribution in [3.8, 4) is 5.75 Å². The third-order valence-electron chi connectivity index (χ3n) is 3.22. The van der Waals surface area contributed by atoms with Crippen molar-refractivity contribution in [2.45, 2.75) is 31.9 Å². The molecule has 1 unspecified atom stereocenters. The van der Waals surface area contributed by atoms with Gasteiger partial charge in [-0.25, -0.2) is 0 Å². The van der Waals surface area contributed by atoms with Crippen LogP contribution in [0.4, 0.5) is 0 Å². The topological polar surface area (TPSA) is 30.5 Å². The van der Waals surface area contributed by atoms with Crippen molar-refractivity contribution in [3.63, 3.8) is 0 Å². The molecule has 0 bridgehead atoms. The van der Waals surface area contributed by atoms with Crippen LogP contribution in [0, 0.1) is 0 Å². The summed E-state index contributed by atoms with van der Waals surface area (Å²) in [5.41, 5.74) is 1.17.